The van der Waals surface area contributed by atoms with E-state index in [0.29, 0.717) is 18.7 Å². The van der Waals surface area contributed by atoms with Gasteiger partial charge in [0, 0.05) is 32.0 Å². The Morgan fingerprint density at radius 1 is 1.33 bits per heavy atom. The number of nitrogens with zero attached hydrogens (tertiary/aromatic N) is 2. The summed E-state index contributed by atoms with van der Waals surface area (Å²) in [6.45, 7) is 2.66. The van der Waals surface area contributed by atoms with Crippen LogP contribution in [0, 0.1) is 0 Å². The zero-order chi connectivity index (χ0) is 15.5. The fourth-order valence-corrected chi connectivity index (χ4v) is 5.20. The summed E-state index contributed by atoms with van der Waals surface area (Å²) in [7, 11) is -6.90. The predicted octanol–water partition coefficient (Wildman–Crippen LogP) is 0.323. The number of sulfonamides is 1. The lowest BCUT2D eigenvalue weighted by molar-refractivity contribution is 0.434. The summed E-state index contributed by atoms with van der Waals surface area (Å²) < 4.78 is 49.8. The van der Waals surface area contributed by atoms with Crippen molar-refractivity contribution in [3.05, 3.63) is 18.5 Å². The Morgan fingerprint density at radius 2 is 2.10 bits per heavy atom. The summed E-state index contributed by atoms with van der Waals surface area (Å²) >= 11 is 0. The van der Waals surface area contributed by atoms with Gasteiger partial charge in [0.2, 0.25) is 10.0 Å². The molecule has 1 aromatic rings. The monoisotopic (exact) mass is 333 g/mol. The summed E-state index contributed by atoms with van der Waals surface area (Å²) in [4.78, 5) is 3.97. The molecule has 21 heavy (non-hydrogen) atoms. The molecule has 0 radical (unpaired) electrons. The van der Waals surface area contributed by atoms with Crippen molar-refractivity contribution in [3.63, 3.8) is 0 Å². The molecule has 0 amide bonds. The summed E-state index contributed by atoms with van der Waals surface area (Å²) in [6, 6.07) is 1.60. The highest BCUT2D eigenvalue weighted by Gasteiger charge is 2.30. The maximum atomic E-state index is 12.7. The largest absolute Gasteiger partial charge is 0.384 e. The minimum absolute atomic E-state index is 0.00880. The Kier molecular flexibility index (Phi) is 4.84. The molecule has 1 N–H and O–H groups in total. The predicted molar refractivity (Wildman–Crippen MR) is 80.4 cm³/mol. The summed E-state index contributed by atoms with van der Waals surface area (Å²) in [6.07, 6.45) is 3.13. The summed E-state index contributed by atoms with van der Waals surface area (Å²) in [5, 5.41) is 2.99. The maximum absolute atomic E-state index is 12.7. The van der Waals surface area contributed by atoms with Crippen LogP contribution in [0.15, 0.2) is 23.4 Å². The van der Waals surface area contributed by atoms with Gasteiger partial charge in [-0.3, -0.25) is 4.98 Å². The zero-order valence-electron chi connectivity index (χ0n) is 11.8. The molecule has 0 saturated carbocycles. The van der Waals surface area contributed by atoms with E-state index < -0.39 is 19.9 Å². The highest BCUT2D eigenvalue weighted by Crippen LogP contribution is 2.24. The molecule has 1 fully saturated rings. The smallest absolute Gasteiger partial charge is 0.246 e. The number of rotatable bonds is 4. The molecular formula is C12H19N3O4S2. The second-order valence-corrected chi connectivity index (χ2v) is 9.02. The molecule has 1 aliphatic heterocycles. The van der Waals surface area contributed by atoms with Gasteiger partial charge in [-0.2, -0.15) is 4.31 Å². The normalized spacial score (nSPS) is 19.9. The third kappa shape index (κ3) is 3.72. The molecule has 2 heterocycles. The molecule has 0 aromatic carbocycles. The van der Waals surface area contributed by atoms with E-state index >= 15 is 0 Å². The van der Waals surface area contributed by atoms with E-state index in [1.54, 1.807) is 6.07 Å². The first-order chi connectivity index (χ1) is 9.87. The highest BCUT2D eigenvalue weighted by molar-refractivity contribution is 7.91. The molecule has 0 aliphatic carbocycles. The van der Waals surface area contributed by atoms with Crippen LogP contribution in [0.3, 0.4) is 0 Å². The summed E-state index contributed by atoms with van der Waals surface area (Å²) in [5.74, 6) is -0.102. The van der Waals surface area contributed by atoms with Crippen LogP contribution < -0.4 is 5.32 Å². The number of hydrogen-bond donors (Lipinski definition) is 1. The molecule has 1 aromatic heterocycles. The van der Waals surface area contributed by atoms with Crippen molar-refractivity contribution in [2.45, 2.75) is 18.2 Å². The van der Waals surface area contributed by atoms with Gasteiger partial charge in [0.25, 0.3) is 0 Å². The van der Waals surface area contributed by atoms with Gasteiger partial charge in [-0.25, -0.2) is 16.8 Å². The number of pyridine rings is 1. The highest BCUT2D eigenvalue weighted by atomic mass is 32.2. The fourth-order valence-electron chi connectivity index (χ4n) is 2.22. The van der Waals surface area contributed by atoms with Crippen LogP contribution in [0.4, 0.5) is 5.69 Å². The van der Waals surface area contributed by atoms with Gasteiger partial charge in [0.1, 0.15) is 4.90 Å². The Morgan fingerprint density at radius 3 is 2.81 bits per heavy atom. The topological polar surface area (TPSA) is 96.4 Å². The molecule has 7 nitrogen and oxygen atoms in total. The minimum atomic E-state index is -3.74. The third-order valence-corrected chi connectivity index (χ3v) is 6.93. The van der Waals surface area contributed by atoms with E-state index in [1.807, 2.05) is 6.92 Å². The average molecular weight is 333 g/mol. The lowest BCUT2D eigenvalue weighted by Gasteiger charge is -2.21. The molecule has 1 aliphatic rings. The Bertz CT molecular complexity index is 701. The number of anilines is 1. The van der Waals surface area contributed by atoms with Gasteiger partial charge >= 0.3 is 0 Å². The molecular weight excluding hydrogens is 314 g/mol. The van der Waals surface area contributed by atoms with Gasteiger partial charge in [-0.15, -0.1) is 0 Å². The van der Waals surface area contributed by atoms with Gasteiger partial charge in [0.15, 0.2) is 9.84 Å². The molecule has 2 rings (SSSR count). The van der Waals surface area contributed by atoms with E-state index in [4.69, 9.17) is 0 Å². The van der Waals surface area contributed by atoms with Gasteiger partial charge in [-0.1, -0.05) is 0 Å². The van der Waals surface area contributed by atoms with Crippen molar-refractivity contribution in [2.24, 2.45) is 0 Å². The van der Waals surface area contributed by atoms with Crippen molar-refractivity contribution >= 4 is 25.5 Å². The van der Waals surface area contributed by atoms with Gasteiger partial charge in [0.05, 0.1) is 17.2 Å². The summed E-state index contributed by atoms with van der Waals surface area (Å²) in [5.41, 5.74) is 0.486. The van der Waals surface area contributed by atoms with Crippen molar-refractivity contribution in [3.8, 4) is 0 Å². The van der Waals surface area contributed by atoms with Crippen molar-refractivity contribution < 1.29 is 16.8 Å². The molecule has 0 atom stereocenters. The number of hydrogen-bond acceptors (Lipinski definition) is 6. The SMILES string of the molecule is CCNc1ccncc1S(=O)(=O)N1CCCS(=O)(=O)CC1. The van der Waals surface area contributed by atoms with Crippen molar-refractivity contribution in [2.75, 3.05) is 36.5 Å². The first-order valence-corrected chi connectivity index (χ1v) is 10.0. The zero-order valence-corrected chi connectivity index (χ0v) is 13.5. The molecule has 0 unspecified atom stereocenters. The lowest BCUT2D eigenvalue weighted by Crippen LogP contribution is -2.34. The van der Waals surface area contributed by atoms with Crippen LogP contribution >= 0.6 is 0 Å². The quantitative estimate of drug-likeness (QED) is 0.852. The second kappa shape index (κ2) is 6.29. The van der Waals surface area contributed by atoms with Crippen LogP contribution in [0.1, 0.15) is 13.3 Å². The van der Waals surface area contributed by atoms with Crippen LogP contribution in [0.25, 0.3) is 0 Å². The molecule has 118 valence electrons. The van der Waals surface area contributed by atoms with E-state index in [-0.39, 0.29) is 29.5 Å². The Hall–Kier alpha value is -1.19. The second-order valence-electron chi connectivity index (χ2n) is 4.81. The van der Waals surface area contributed by atoms with Gasteiger partial charge < -0.3 is 5.32 Å². The molecule has 0 spiro atoms. The van der Waals surface area contributed by atoms with Crippen molar-refractivity contribution in [1.29, 1.82) is 0 Å². The average Bonchev–Trinajstić information content (AvgIpc) is 2.61. The molecule has 9 heteroatoms. The van der Waals surface area contributed by atoms with Gasteiger partial charge in [-0.05, 0) is 19.4 Å². The fraction of sp³-hybridized carbons (Fsp3) is 0.583. The first-order valence-electron chi connectivity index (χ1n) is 6.75. The van der Waals surface area contributed by atoms with Crippen LogP contribution in [0.2, 0.25) is 0 Å². The van der Waals surface area contributed by atoms with Crippen molar-refractivity contribution in [1.82, 2.24) is 9.29 Å². The Balaban J connectivity index is 2.34. The maximum Gasteiger partial charge on any atom is 0.246 e. The Labute approximate surface area is 125 Å². The first kappa shape index (κ1) is 16.2. The van der Waals surface area contributed by atoms with E-state index in [9.17, 15) is 16.8 Å². The number of nitrogens with one attached hydrogen (secondary N) is 1. The standard InChI is InChI=1S/C12H19N3O4S2/c1-2-14-11-4-5-13-10-12(11)21(18,19)15-6-3-8-20(16,17)9-7-15/h4-5,10H,2-3,6-9H2,1H3,(H,13,14). The van der Waals surface area contributed by atoms with Crippen LogP contribution in [-0.4, -0.2) is 57.3 Å². The van der Waals surface area contributed by atoms with E-state index in [1.165, 1.54) is 16.7 Å². The van der Waals surface area contributed by atoms with Crippen LogP contribution in [-0.2, 0) is 19.9 Å². The van der Waals surface area contributed by atoms with E-state index in [2.05, 4.69) is 10.3 Å². The van der Waals surface area contributed by atoms with Crippen LogP contribution in [0.5, 0.6) is 0 Å². The third-order valence-electron chi connectivity index (χ3n) is 3.28. The number of sulfone groups is 1. The van der Waals surface area contributed by atoms with E-state index in [0.717, 1.165) is 0 Å². The minimum Gasteiger partial charge on any atom is -0.384 e. The number of aromatic nitrogens is 1. The lowest BCUT2D eigenvalue weighted by atomic mass is 10.4. The molecule has 1 saturated heterocycles. The molecule has 0 bridgehead atoms.